The lowest BCUT2D eigenvalue weighted by molar-refractivity contribution is 0.431. The molecule has 0 radical (unpaired) electrons. The van der Waals surface area contributed by atoms with E-state index in [4.69, 9.17) is 0 Å². The normalized spacial score (nSPS) is 13.6. The number of hydrogen-bond acceptors (Lipinski definition) is 2. The first-order valence-corrected chi connectivity index (χ1v) is 12.1. The van der Waals surface area contributed by atoms with Crippen LogP contribution < -0.4 is 0 Å². The third-order valence-electron chi connectivity index (χ3n) is 6.05. The van der Waals surface area contributed by atoms with Gasteiger partial charge < -0.3 is 0 Å². The zero-order valence-electron chi connectivity index (χ0n) is 18.1. The zero-order valence-corrected chi connectivity index (χ0v) is 18.9. The molecule has 0 amide bonds. The Hall–Kier alpha value is -3.39. The standard InChI is InChI=1S/C28H23NO2S/c1-20-11-14-24(15-12-20)32(30,31)29-18-23-17-27-21(2)7-6-10-25(27)26(28(23)19-29)16-13-22-8-4-3-5-9-22/h3-12,14-15,17H,18-19H2,1-2H3. The lowest BCUT2D eigenvalue weighted by atomic mass is 9.93. The van der Waals surface area contributed by atoms with Crippen molar-refractivity contribution in [2.75, 3.05) is 0 Å². The van der Waals surface area contributed by atoms with Crippen molar-refractivity contribution in [2.24, 2.45) is 0 Å². The first-order chi connectivity index (χ1) is 15.4. The molecular formula is C28H23NO2S. The number of sulfonamides is 1. The van der Waals surface area contributed by atoms with Crippen LogP contribution in [-0.4, -0.2) is 12.7 Å². The summed E-state index contributed by atoms with van der Waals surface area (Å²) in [5, 5.41) is 2.19. The molecule has 0 N–H and O–H groups in total. The minimum Gasteiger partial charge on any atom is -0.207 e. The van der Waals surface area contributed by atoms with Gasteiger partial charge in [-0.2, -0.15) is 4.31 Å². The van der Waals surface area contributed by atoms with Crippen LogP contribution in [0.2, 0.25) is 0 Å². The Bertz CT molecular complexity index is 1490. The maximum atomic E-state index is 13.4. The van der Waals surface area contributed by atoms with Gasteiger partial charge in [-0.1, -0.05) is 65.9 Å². The Morgan fingerprint density at radius 3 is 2.28 bits per heavy atom. The largest absolute Gasteiger partial charge is 0.243 e. The van der Waals surface area contributed by atoms with Gasteiger partial charge in [-0.05, 0) is 71.6 Å². The van der Waals surface area contributed by atoms with Crippen LogP contribution in [0.1, 0.15) is 33.4 Å². The van der Waals surface area contributed by atoms with E-state index in [0.29, 0.717) is 18.0 Å². The average molecular weight is 438 g/mol. The smallest absolute Gasteiger partial charge is 0.207 e. The summed E-state index contributed by atoms with van der Waals surface area (Å²) in [7, 11) is -3.59. The van der Waals surface area contributed by atoms with Gasteiger partial charge >= 0.3 is 0 Å². The average Bonchev–Trinajstić information content (AvgIpc) is 3.23. The number of nitrogens with zero attached hydrogens (tertiary/aromatic N) is 1. The summed E-state index contributed by atoms with van der Waals surface area (Å²) >= 11 is 0. The molecule has 1 aliphatic heterocycles. The molecule has 0 saturated carbocycles. The van der Waals surface area contributed by atoms with Gasteiger partial charge in [0.2, 0.25) is 10.0 Å². The highest BCUT2D eigenvalue weighted by atomic mass is 32.2. The van der Waals surface area contributed by atoms with Gasteiger partial charge in [-0.15, -0.1) is 0 Å². The molecule has 4 aromatic rings. The van der Waals surface area contributed by atoms with Crippen LogP contribution in [-0.2, 0) is 23.1 Å². The molecule has 0 atom stereocenters. The van der Waals surface area contributed by atoms with Crippen molar-refractivity contribution in [1.82, 2.24) is 4.31 Å². The first-order valence-electron chi connectivity index (χ1n) is 10.6. The number of rotatable bonds is 2. The molecule has 3 nitrogen and oxygen atoms in total. The van der Waals surface area contributed by atoms with Crippen molar-refractivity contribution >= 4 is 20.8 Å². The van der Waals surface area contributed by atoms with Gasteiger partial charge in [0, 0.05) is 24.2 Å². The van der Waals surface area contributed by atoms with Gasteiger partial charge in [-0.25, -0.2) is 8.42 Å². The molecular weight excluding hydrogens is 414 g/mol. The summed E-state index contributed by atoms with van der Waals surface area (Å²) in [5.74, 6) is 6.66. The molecule has 1 aliphatic rings. The van der Waals surface area contributed by atoms with E-state index in [1.807, 2.05) is 55.5 Å². The summed E-state index contributed by atoms with van der Waals surface area (Å²) in [6.07, 6.45) is 0. The molecule has 32 heavy (non-hydrogen) atoms. The van der Waals surface area contributed by atoms with Crippen LogP contribution in [0.3, 0.4) is 0 Å². The third-order valence-corrected chi connectivity index (χ3v) is 7.85. The molecule has 4 aromatic carbocycles. The van der Waals surface area contributed by atoms with Crippen molar-refractivity contribution in [1.29, 1.82) is 0 Å². The van der Waals surface area contributed by atoms with E-state index in [9.17, 15) is 8.42 Å². The summed E-state index contributed by atoms with van der Waals surface area (Å²) in [5.41, 5.74) is 6.09. The van der Waals surface area contributed by atoms with E-state index in [1.165, 1.54) is 0 Å². The second kappa shape index (κ2) is 7.94. The summed E-state index contributed by atoms with van der Waals surface area (Å²) < 4.78 is 28.3. The maximum absolute atomic E-state index is 13.4. The van der Waals surface area contributed by atoms with Gasteiger partial charge in [0.05, 0.1) is 4.90 Å². The minimum absolute atomic E-state index is 0.327. The highest BCUT2D eigenvalue weighted by Crippen LogP contribution is 2.36. The molecule has 1 heterocycles. The van der Waals surface area contributed by atoms with E-state index in [0.717, 1.165) is 44.2 Å². The van der Waals surface area contributed by atoms with Crippen LogP contribution in [0.25, 0.3) is 10.8 Å². The van der Waals surface area contributed by atoms with Crippen LogP contribution >= 0.6 is 0 Å². The maximum Gasteiger partial charge on any atom is 0.243 e. The van der Waals surface area contributed by atoms with Gasteiger partial charge in [0.25, 0.3) is 0 Å². The zero-order chi connectivity index (χ0) is 22.3. The minimum atomic E-state index is -3.59. The molecule has 0 unspecified atom stereocenters. The Kier molecular flexibility index (Phi) is 5.09. The van der Waals surface area contributed by atoms with Gasteiger partial charge in [0.1, 0.15) is 0 Å². The summed E-state index contributed by atoms with van der Waals surface area (Å²) in [6, 6.07) is 25.3. The SMILES string of the molecule is Cc1ccc(S(=O)(=O)N2Cc3cc4c(C)cccc4c(C#Cc4ccccc4)c3C2)cc1. The lowest BCUT2D eigenvalue weighted by Gasteiger charge is -2.15. The molecule has 0 aromatic heterocycles. The number of hydrogen-bond donors (Lipinski definition) is 0. The predicted molar refractivity (Wildman–Crippen MR) is 129 cm³/mol. The second-order valence-corrected chi connectivity index (χ2v) is 10.2. The summed E-state index contributed by atoms with van der Waals surface area (Å²) in [6.45, 7) is 4.72. The van der Waals surface area contributed by atoms with E-state index < -0.39 is 10.0 Å². The highest BCUT2D eigenvalue weighted by molar-refractivity contribution is 7.89. The molecule has 0 spiro atoms. The fourth-order valence-corrected chi connectivity index (χ4v) is 5.63. The van der Waals surface area contributed by atoms with E-state index in [-0.39, 0.29) is 0 Å². The van der Waals surface area contributed by atoms with E-state index >= 15 is 0 Å². The fourth-order valence-electron chi connectivity index (χ4n) is 4.25. The van der Waals surface area contributed by atoms with E-state index in [2.05, 4.69) is 37.0 Å². The quantitative estimate of drug-likeness (QED) is 0.385. The molecule has 0 aliphatic carbocycles. The first kappa shape index (κ1) is 20.5. The molecule has 0 saturated heterocycles. The van der Waals surface area contributed by atoms with Crippen LogP contribution in [0.5, 0.6) is 0 Å². The Balaban J connectivity index is 1.64. The topological polar surface area (TPSA) is 37.4 Å². The lowest BCUT2D eigenvalue weighted by Crippen LogP contribution is -2.25. The van der Waals surface area contributed by atoms with Crippen LogP contribution in [0, 0.1) is 25.7 Å². The summed E-state index contributed by atoms with van der Waals surface area (Å²) in [4.78, 5) is 0.327. The third kappa shape index (κ3) is 3.60. The van der Waals surface area contributed by atoms with Crippen molar-refractivity contribution in [3.63, 3.8) is 0 Å². The molecule has 0 fully saturated rings. The van der Waals surface area contributed by atoms with Crippen molar-refractivity contribution in [3.8, 4) is 11.8 Å². The Morgan fingerprint density at radius 1 is 0.781 bits per heavy atom. The predicted octanol–water partition coefficient (Wildman–Crippen LogP) is 5.56. The van der Waals surface area contributed by atoms with Crippen molar-refractivity contribution in [2.45, 2.75) is 31.8 Å². The number of aryl methyl sites for hydroxylation is 2. The Morgan fingerprint density at radius 2 is 1.53 bits per heavy atom. The van der Waals surface area contributed by atoms with Crippen LogP contribution in [0.4, 0.5) is 0 Å². The van der Waals surface area contributed by atoms with Gasteiger partial charge in [0.15, 0.2) is 0 Å². The van der Waals surface area contributed by atoms with E-state index in [1.54, 1.807) is 16.4 Å². The fraction of sp³-hybridized carbons (Fsp3) is 0.143. The number of benzene rings is 4. The Labute approximate surface area is 189 Å². The highest BCUT2D eigenvalue weighted by Gasteiger charge is 2.32. The second-order valence-electron chi connectivity index (χ2n) is 8.26. The van der Waals surface area contributed by atoms with Crippen LogP contribution in [0.15, 0.2) is 83.8 Å². The number of fused-ring (bicyclic) bond motifs is 2. The van der Waals surface area contributed by atoms with Crippen molar-refractivity contribution < 1.29 is 8.42 Å². The molecule has 0 bridgehead atoms. The molecule has 158 valence electrons. The molecule has 5 rings (SSSR count). The molecule has 4 heteroatoms. The van der Waals surface area contributed by atoms with Gasteiger partial charge in [-0.3, -0.25) is 0 Å². The van der Waals surface area contributed by atoms with Crippen molar-refractivity contribution in [3.05, 3.63) is 112 Å². The monoisotopic (exact) mass is 437 g/mol.